The molecule has 2 aromatic rings. The number of Topliss-reactive ketones (excluding diaryl/α,β-unsaturated/α-hetero) is 1. The second kappa shape index (κ2) is 3.38. The number of carbonyl (C=O) groups is 1. The summed E-state index contributed by atoms with van der Waals surface area (Å²) >= 11 is 0. The fourth-order valence-corrected chi connectivity index (χ4v) is 3.49. The van der Waals surface area contributed by atoms with E-state index in [9.17, 15) is 13.2 Å². The van der Waals surface area contributed by atoms with E-state index in [0.717, 1.165) is 5.39 Å². The van der Waals surface area contributed by atoms with Crippen LogP contribution in [0.4, 0.5) is 0 Å². The zero-order valence-electron chi connectivity index (χ0n) is 8.80. The molecule has 0 fully saturated rings. The van der Waals surface area contributed by atoms with Crippen LogP contribution in [-0.2, 0) is 10.0 Å². The zero-order chi connectivity index (χ0) is 12.0. The molecule has 0 saturated carbocycles. The molecule has 86 valence electrons. The molecule has 0 bridgehead atoms. The zero-order valence-corrected chi connectivity index (χ0v) is 9.62. The second-order valence-corrected chi connectivity index (χ2v) is 5.61. The Morgan fingerprint density at radius 1 is 1.06 bits per heavy atom. The van der Waals surface area contributed by atoms with Crippen LogP contribution in [0.1, 0.15) is 10.4 Å². The predicted octanol–water partition coefficient (Wildman–Crippen LogP) is 1.31. The van der Waals surface area contributed by atoms with Crippen LogP contribution in [-0.4, -0.2) is 20.7 Å². The highest BCUT2D eigenvalue weighted by Crippen LogP contribution is 2.29. The number of fused-ring (bicyclic) bond motifs is 3. The molecule has 0 atom stereocenters. The Balaban J connectivity index is 2.53. The Morgan fingerprint density at radius 3 is 2.65 bits per heavy atom. The molecule has 1 aliphatic heterocycles. The van der Waals surface area contributed by atoms with Crippen molar-refractivity contribution in [3.8, 4) is 0 Å². The van der Waals surface area contributed by atoms with Gasteiger partial charge in [-0.05, 0) is 11.5 Å². The van der Waals surface area contributed by atoms with Gasteiger partial charge in [-0.15, -0.1) is 0 Å². The smallest absolute Gasteiger partial charge is 0.242 e. The Labute approximate surface area is 98.3 Å². The van der Waals surface area contributed by atoms with Crippen LogP contribution in [0.5, 0.6) is 0 Å². The van der Waals surface area contributed by atoms with Gasteiger partial charge in [0.1, 0.15) is 4.90 Å². The van der Waals surface area contributed by atoms with Gasteiger partial charge < -0.3 is 0 Å². The Kier molecular flexibility index (Phi) is 2.08. The fourth-order valence-electron chi connectivity index (χ4n) is 2.08. The molecule has 0 amide bonds. The van der Waals surface area contributed by atoms with E-state index in [1.54, 1.807) is 24.3 Å². The highest BCUT2D eigenvalue weighted by atomic mass is 32.2. The van der Waals surface area contributed by atoms with Crippen molar-refractivity contribution in [1.29, 1.82) is 0 Å². The monoisotopic (exact) mass is 247 g/mol. The first-order valence-corrected chi connectivity index (χ1v) is 6.62. The standard InChI is InChI=1S/C12H9NO3S/c14-11-7-13-17(15,16)12-9-4-2-1-3-8(9)5-6-10(11)12/h1-6,13H,7H2. The van der Waals surface area contributed by atoms with Gasteiger partial charge in [-0.1, -0.05) is 30.3 Å². The molecule has 1 aliphatic rings. The van der Waals surface area contributed by atoms with Gasteiger partial charge in [-0.25, -0.2) is 13.1 Å². The second-order valence-electron chi connectivity index (χ2n) is 3.91. The highest BCUT2D eigenvalue weighted by molar-refractivity contribution is 7.90. The number of benzene rings is 2. The predicted molar refractivity (Wildman–Crippen MR) is 63.5 cm³/mol. The average molecular weight is 247 g/mol. The number of nitrogens with one attached hydrogen (secondary N) is 1. The van der Waals surface area contributed by atoms with E-state index in [-0.39, 0.29) is 22.8 Å². The molecular formula is C12H9NO3S. The Morgan fingerprint density at radius 2 is 1.82 bits per heavy atom. The highest BCUT2D eigenvalue weighted by Gasteiger charge is 2.30. The van der Waals surface area contributed by atoms with E-state index in [0.29, 0.717) is 5.39 Å². The maximum Gasteiger partial charge on any atom is 0.242 e. The lowest BCUT2D eigenvalue weighted by Gasteiger charge is -2.18. The summed E-state index contributed by atoms with van der Waals surface area (Å²) in [7, 11) is -3.57. The maximum absolute atomic E-state index is 12.0. The molecule has 0 unspecified atom stereocenters. The van der Waals surface area contributed by atoms with Crippen LogP contribution in [0.25, 0.3) is 10.8 Å². The molecule has 0 spiro atoms. The summed E-state index contributed by atoms with van der Waals surface area (Å²) in [6.07, 6.45) is 0. The van der Waals surface area contributed by atoms with Crippen molar-refractivity contribution in [2.75, 3.05) is 6.54 Å². The molecule has 1 heterocycles. The van der Waals surface area contributed by atoms with Crippen LogP contribution in [0, 0.1) is 0 Å². The number of carbonyl (C=O) groups excluding carboxylic acids is 1. The van der Waals surface area contributed by atoms with E-state index in [4.69, 9.17) is 0 Å². The normalized spacial score (nSPS) is 18.0. The van der Waals surface area contributed by atoms with Gasteiger partial charge in [-0.3, -0.25) is 4.79 Å². The number of rotatable bonds is 0. The van der Waals surface area contributed by atoms with Gasteiger partial charge in [0.25, 0.3) is 0 Å². The maximum atomic E-state index is 12.0. The number of sulfonamides is 1. The van der Waals surface area contributed by atoms with Crippen molar-refractivity contribution in [3.63, 3.8) is 0 Å². The fraction of sp³-hybridized carbons (Fsp3) is 0.0833. The van der Waals surface area contributed by atoms with E-state index < -0.39 is 10.0 Å². The molecule has 2 aromatic carbocycles. The molecule has 0 radical (unpaired) electrons. The first-order chi connectivity index (χ1) is 8.09. The molecule has 0 aliphatic carbocycles. The number of hydrogen-bond donors (Lipinski definition) is 1. The van der Waals surface area contributed by atoms with E-state index >= 15 is 0 Å². The number of hydrogen-bond acceptors (Lipinski definition) is 3. The third-order valence-electron chi connectivity index (χ3n) is 2.87. The van der Waals surface area contributed by atoms with E-state index in [1.807, 2.05) is 12.1 Å². The van der Waals surface area contributed by atoms with Gasteiger partial charge >= 0.3 is 0 Å². The molecular weight excluding hydrogens is 238 g/mol. The minimum Gasteiger partial charge on any atom is -0.293 e. The largest absolute Gasteiger partial charge is 0.293 e. The van der Waals surface area contributed by atoms with Crippen LogP contribution in [0.15, 0.2) is 41.3 Å². The average Bonchev–Trinajstić information content (AvgIpc) is 2.33. The van der Waals surface area contributed by atoms with Crippen molar-refractivity contribution >= 4 is 26.6 Å². The first-order valence-electron chi connectivity index (χ1n) is 5.14. The number of ketones is 1. The summed E-state index contributed by atoms with van der Waals surface area (Å²) in [5.74, 6) is -0.194. The summed E-state index contributed by atoms with van der Waals surface area (Å²) in [5, 5.41) is 1.40. The summed E-state index contributed by atoms with van der Waals surface area (Å²) in [6.45, 7) is -0.159. The van der Waals surface area contributed by atoms with Gasteiger partial charge in [0.05, 0.1) is 6.54 Å². The van der Waals surface area contributed by atoms with Crippen molar-refractivity contribution in [1.82, 2.24) is 4.72 Å². The van der Waals surface area contributed by atoms with Crippen molar-refractivity contribution in [2.24, 2.45) is 0 Å². The van der Waals surface area contributed by atoms with Crippen molar-refractivity contribution in [2.45, 2.75) is 4.90 Å². The SMILES string of the molecule is O=C1CNS(=O)(=O)c2c1ccc1ccccc21. The van der Waals surface area contributed by atoms with Crippen LogP contribution < -0.4 is 4.72 Å². The van der Waals surface area contributed by atoms with E-state index in [1.165, 1.54) is 0 Å². The minimum atomic E-state index is -3.57. The van der Waals surface area contributed by atoms with Crippen LogP contribution >= 0.6 is 0 Å². The molecule has 5 heteroatoms. The molecule has 1 N–H and O–H groups in total. The third kappa shape index (κ3) is 1.47. The summed E-state index contributed by atoms with van der Waals surface area (Å²) < 4.78 is 26.2. The quantitative estimate of drug-likeness (QED) is 0.763. The molecule has 4 nitrogen and oxygen atoms in total. The van der Waals surface area contributed by atoms with Gasteiger partial charge in [-0.2, -0.15) is 0 Å². The van der Waals surface area contributed by atoms with Gasteiger partial charge in [0, 0.05) is 10.9 Å². The van der Waals surface area contributed by atoms with E-state index in [2.05, 4.69) is 4.72 Å². The van der Waals surface area contributed by atoms with Crippen molar-refractivity contribution < 1.29 is 13.2 Å². The summed E-state index contributed by atoms with van der Waals surface area (Å²) in [4.78, 5) is 11.8. The van der Waals surface area contributed by atoms with Crippen LogP contribution in [0.2, 0.25) is 0 Å². The Bertz CT molecular complexity index is 734. The lowest BCUT2D eigenvalue weighted by atomic mass is 10.0. The van der Waals surface area contributed by atoms with Crippen LogP contribution in [0.3, 0.4) is 0 Å². The third-order valence-corrected chi connectivity index (χ3v) is 4.37. The summed E-state index contributed by atoms with van der Waals surface area (Å²) in [5.41, 5.74) is 0.280. The van der Waals surface area contributed by atoms with Gasteiger partial charge in [0.15, 0.2) is 5.78 Å². The lowest BCUT2D eigenvalue weighted by molar-refractivity contribution is 0.0991. The molecule has 3 rings (SSSR count). The first kappa shape index (κ1) is 10.4. The molecule has 0 saturated heterocycles. The Hall–Kier alpha value is -1.72. The topological polar surface area (TPSA) is 63.2 Å². The van der Waals surface area contributed by atoms with Crippen molar-refractivity contribution in [3.05, 3.63) is 42.0 Å². The molecule has 17 heavy (non-hydrogen) atoms. The minimum absolute atomic E-state index is 0.104. The molecule has 0 aromatic heterocycles. The van der Waals surface area contributed by atoms with Gasteiger partial charge in [0.2, 0.25) is 10.0 Å². The lowest BCUT2D eigenvalue weighted by Crippen LogP contribution is -2.36. The summed E-state index contributed by atoms with van der Waals surface area (Å²) in [6, 6.07) is 10.5.